The summed E-state index contributed by atoms with van der Waals surface area (Å²) in [6.07, 6.45) is 3.70. The number of nitrogens with zero attached hydrogens (tertiary/aromatic N) is 1. The Labute approximate surface area is 80.2 Å². The topological polar surface area (TPSA) is 3.24 Å². The first-order chi connectivity index (χ1) is 5.86. The maximum Gasteiger partial charge on any atom is 0.0166 e. The van der Waals surface area contributed by atoms with Gasteiger partial charge in [-0.2, -0.15) is 11.8 Å². The Balaban J connectivity index is 2.24. The van der Waals surface area contributed by atoms with Crippen molar-refractivity contribution in [1.29, 1.82) is 0 Å². The average molecular weight is 185 g/mol. The number of rotatable bonds is 4. The minimum absolute atomic E-state index is 1.18. The van der Waals surface area contributed by atoms with Gasteiger partial charge in [-0.05, 0) is 18.7 Å². The van der Waals surface area contributed by atoms with Gasteiger partial charge in [-0.15, -0.1) is 0 Å². The predicted octanol–water partition coefficient (Wildman–Crippen LogP) is 2.39. The van der Waals surface area contributed by atoms with E-state index >= 15 is 0 Å². The van der Waals surface area contributed by atoms with Gasteiger partial charge in [-0.1, -0.05) is 25.5 Å². The normalized spacial score (nSPS) is 19.3. The fourth-order valence-electron chi connectivity index (χ4n) is 1.40. The second-order valence-corrected chi connectivity index (χ2v) is 4.42. The fourth-order valence-corrected chi connectivity index (χ4v) is 2.13. The van der Waals surface area contributed by atoms with E-state index in [-0.39, 0.29) is 0 Å². The molecule has 0 aliphatic carbocycles. The van der Waals surface area contributed by atoms with Crippen molar-refractivity contribution in [3.8, 4) is 0 Å². The van der Waals surface area contributed by atoms with E-state index in [4.69, 9.17) is 0 Å². The van der Waals surface area contributed by atoms with Gasteiger partial charge >= 0.3 is 0 Å². The van der Waals surface area contributed by atoms with Crippen LogP contribution in [0.25, 0.3) is 0 Å². The maximum absolute atomic E-state index is 2.49. The highest BCUT2D eigenvalue weighted by molar-refractivity contribution is 7.99. The molecule has 1 heterocycles. The third-order valence-corrected chi connectivity index (χ3v) is 3.31. The first-order valence-corrected chi connectivity index (χ1v) is 6.00. The summed E-state index contributed by atoms with van der Waals surface area (Å²) in [4.78, 5) is 2.49. The van der Waals surface area contributed by atoms with Crippen molar-refractivity contribution in [2.45, 2.75) is 20.3 Å². The number of thioether (sulfide) groups is 1. The third kappa shape index (κ3) is 3.20. The molecule has 0 spiro atoms. The van der Waals surface area contributed by atoms with Crippen molar-refractivity contribution in [3.63, 3.8) is 0 Å². The molecule has 1 nitrogen and oxygen atoms in total. The van der Waals surface area contributed by atoms with E-state index in [0.29, 0.717) is 0 Å². The van der Waals surface area contributed by atoms with Gasteiger partial charge in [0.05, 0.1) is 0 Å². The summed E-state index contributed by atoms with van der Waals surface area (Å²) < 4.78 is 0. The lowest BCUT2D eigenvalue weighted by Crippen LogP contribution is -2.28. The molecule has 12 heavy (non-hydrogen) atoms. The van der Waals surface area contributed by atoms with Gasteiger partial charge in [0.2, 0.25) is 0 Å². The molecule has 0 bridgehead atoms. The lowest BCUT2D eigenvalue weighted by Gasteiger charge is -2.24. The van der Waals surface area contributed by atoms with E-state index in [1.54, 1.807) is 5.57 Å². The molecule has 0 unspecified atom stereocenters. The molecule has 0 saturated carbocycles. The molecule has 0 amide bonds. The molecule has 0 aromatic carbocycles. The molecule has 0 atom stereocenters. The number of hydrogen-bond acceptors (Lipinski definition) is 2. The molecule has 1 rings (SSSR count). The first-order valence-electron chi connectivity index (χ1n) is 4.84. The Morgan fingerprint density at radius 2 is 2.33 bits per heavy atom. The van der Waals surface area contributed by atoms with E-state index in [1.807, 2.05) is 11.8 Å². The van der Waals surface area contributed by atoms with E-state index in [2.05, 4.69) is 24.8 Å². The van der Waals surface area contributed by atoms with Crippen LogP contribution in [0.1, 0.15) is 20.3 Å². The molecule has 0 radical (unpaired) electrons. The summed E-state index contributed by atoms with van der Waals surface area (Å²) in [5, 5.41) is 0. The molecule has 0 saturated heterocycles. The van der Waals surface area contributed by atoms with Crippen LogP contribution in [0.4, 0.5) is 0 Å². The Morgan fingerprint density at radius 1 is 1.50 bits per heavy atom. The zero-order valence-corrected chi connectivity index (χ0v) is 8.99. The minimum atomic E-state index is 1.18. The summed E-state index contributed by atoms with van der Waals surface area (Å²) in [6.45, 7) is 8.11. The second kappa shape index (κ2) is 5.65. The lowest BCUT2D eigenvalue weighted by molar-refractivity contribution is 0.310. The summed E-state index contributed by atoms with van der Waals surface area (Å²) in [5.74, 6) is 2.50. The molecule has 1 aliphatic heterocycles. The van der Waals surface area contributed by atoms with Gasteiger partial charge in [0, 0.05) is 18.8 Å². The van der Waals surface area contributed by atoms with Crippen molar-refractivity contribution >= 4 is 11.8 Å². The van der Waals surface area contributed by atoms with Crippen LogP contribution in [0.2, 0.25) is 0 Å². The Bertz CT molecular complexity index is 154. The van der Waals surface area contributed by atoms with Crippen LogP contribution in [0.15, 0.2) is 11.6 Å². The highest BCUT2D eigenvalue weighted by atomic mass is 32.2. The van der Waals surface area contributed by atoms with Crippen molar-refractivity contribution in [2.75, 3.05) is 31.1 Å². The predicted molar refractivity (Wildman–Crippen MR) is 57.8 cm³/mol. The molecular weight excluding hydrogens is 166 g/mol. The number of hydrogen-bond donors (Lipinski definition) is 0. The molecule has 0 fully saturated rings. The molecule has 0 N–H and O–H groups in total. The molecular formula is C10H19NS. The standard InChI is InChI=1S/C10H19NS/c1-3-11-7-5-10(6-8-11)9-12-4-2/h5H,3-4,6-9H2,1-2H3. The molecule has 0 aromatic rings. The van der Waals surface area contributed by atoms with E-state index in [0.717, 1.165) is 0 Å². The maximum atomic E-state index is 2.49. The van der Waals surface area contributed by atoms with Gasteiger partial charge in [0.25, 0.3) is 0 Å². The number of likely N-dealkylation sites (N-methyl/N-ethyl adjacent to an activating group) is 1. The largest absolute Gasteiger partial charge is 0.300 e. The SMILES string of the molecule is CCSCC1=CCN(CC)CC1. The van der Waals surface area contributed by atoms with Crippen LogP contribution in [0.3, 0.4) is 0 Å². The van der Waals surface area contributed by atoms with E-state index < -0.39 is 0 Å². The van der Waals surface area contributed by atoms with Gasteiger partial charge in [-0.25, -0.2) is 0 Å². The smallest absolute Gasteiger partial charge is 0.0166 e. The van der Waals surface area contributed by atoms with Gasteiger partial charge in [-0.3, -0.25) is 4.90 Å². The Hall–Kier alpha value is 0.0500. The first kappa shape index (κ1) is 10.1. The van der Waals surface area contributed by atoms with Gasteiger partial charge in [0.1, 0.15) is 0 Å². The summed E-state index contributed by atoms with van der Waals surface area (Å²) in [5.41, 5.74) is 1.66. The average Bonchev–Trinajstić information content (AvgIpc) is 2.15. The van der Waals surface area contributed by atoms with Crippen LogP contribution in [0.5, 0.6) is 0 Å². The zero-order valence-electron chi connectivity index (χ0n) is 8.18. The van der Waals surface area contributed by atoms with E-state index in [1.165, 1.54) is 37.6 Å². The van der Waals surface area contributed by atoms with Gasteiger partial charge < -0.3 is 0 Å². The van der Waals surface area contributed by atoms with Crippen LogP contribution in [0, 0.1) is 0 Å². The van der Waals surface area contributed by atoms with E-state index in [9.17, 15) is 0 Å². The fraction of sp³-hybridized carbons (Fsp3) is 0.800. The van der Waals surface area contributed by atoms with Crippen molar-refractivity contribution in [3.05, 3.63) is 11.6 Å². The minimum Gasteiger partial charge on any atom is -0.300 e. The van der Waals surface area contributed by atoms with Crippen molar-refractivity contribution in [2.24, 2.45) is 0 Å². The Kier molecular flexibility index (Phi) is 4.77. The van der Waals surface area contributed by atoms with Crippen LogP contribution in [-0.4, -0.2) is 36.0 Å². The van der Waals surface area contributed by atoms with Crippen LogP contribution < -0.4 is 0 Å². The monoisotopic (exact) mass is 185 g/mol. The van der Waals surface area contributed by atoms with Crippen molar-refractivity contribution < 1.29 is 0 Å². The molecule has 2 heteroatoms. The highest BCUT2D eigenvalue weighted by Gasteiger charge is 2.08. The Morgan fingerprint density at radius 3 is 2.83 bits per heavy atom. The van der Waals surface area contributed by atoms with Crippen molar-refractivity contribution in [1.82, 2.24) is 4.90 Å². The van der Waals surface area contributed by atoms with Crippen LogP contribution >= 0.6 is 11.8 Å². The third-order valence-electron chi connectivity index (χ3n) is 2.33. The molecule has 1 aliphatic rings. The summed E-state index contributed by atoms with van der Waals surface area (Å²) in [6, 6.07) is 0. The van der Waals surface area contributed by atoms with Crippen LogP contribution in [-0.2, 0) is 0 Å². The second-order valence-electron chi connectivity index (χ2n) is 3.14. The summed E-state index contributed by atoms with van der Waals surface area (Å²) in [7, 11) is 0. The summed E-state index contributed by atoms with van der Waals surface area (Å²) >= 11 is 2.04. The molecule has 0 aromatic heterocycles. The lowest BCUT2D eigenvalue weighted by atomic mass is 10.1. The molecule has 70 valence electrons. The van der Waals surface area contributed by atoms with Gasteiger partial charge in [0.15, 0.2) is 0 Å². The quantitative estimate of drug-likeness (QED) is 0.619. The highest BCUT2D eigenvalue weighted by Crippen LogP contribution is 2.15. The zero-order chi connectivity index (χ0) is 8.81.